The van der Waals surface area contributed by atoms with Gasteiger partial charge in [0.15, 0.2) is 6.61 Å². The van der Waals surface area contributed by atoms with Gasteiger partial charge in [-0.1, -0.05) is 37.5 Å². The number of aromatic hydroxyl groups is 1. The number of nitrogens with zero attached hydrogens (tertiary/aromatic N) is 2. The van der Waals surface area contributed by atoms with Crippen LogP contribution in [0.2, 0.25) is 0 Å². The van der Waals surface area contributed by atoms with Crippen LogP contribution < -0.4 is 9.64 Å². The van der Waals surface area contributed by atoms with E-state index in [0.29, 0.717) is 18.8 Å². The number of rotatable bonds is 5. The number of piperazine rings is 1. The van der Waals surface area contributed by atoms with Crippen molar-refractivity contribution in [2.75, 3.05) is 37.7 Å². The highest BCUT2D eigenvalue weighted by Gasteiger charge is 2.22. The minimum Gasteiger partial charge on any atom is -0.508 e. The van der Waals surface area contributed by atoms with Crippen LogP contribution in [-0.4, -0.2) is 48.7 Å². The highest BCUT2D eigenvalue weighted by molar-refractivity contribution is 5.78. The molecule has 5 nitrogen and oxygen atoms in total. The zero-order valence-electron chi connectivity index (χ0n) is 16.9. The molecule has 0 bridgehead atoms. The van der Waals surface area contributed by atoms with Crippen LogP contribution in [0, 0.1) is 0 Å². The Bertz CT molecular complexity index is 807. The maximum absolute atomic E-state index is 12.4. The summed E-state index contributed by atoms with van der Waals surface area (Å²) in [6, 6.07) is 15.6. The number of carbonyl (C=O) groups is 1. The molecule has 2 aromatic carbocycles. The molecule has 2 aromatic rings. The molecule has 2 aliphatic rings. The van der Waals surface area contributed by atoms with E-state index in [4.69, 9.17) is 4.74 Å². The monoisotopic (exact) mass is 394 g/mol. The summed E-state index contributed by atoms with van der Waals surface area (Å²) in [6.45, 7) is 3.07. The number of phenols is 1. The van der Waals surface area contributed by atoms with E-state index >= 15 is 0 Å². The molecule has 0 unspecified atom stereocenters. The van der Waals surface area contributed by atoms with Gasteiger partial charge in [0, 0.05) is 37.9 Å². The third-order valence-electron chi connectivity index (χ3n) is 6.15. The van der Waals surface area contributed by atoms with Crippen LogP contribution in [0.4, 0.5) is 5.69 Å². The molecule has 1 aliphatic heterocycles. The summed E-state index contributed by atoms with van der Waals surface area (Å²) in [5.41, 5.74) is 2.72. The van der Waals surface area contributed by atoms with Gasteiger partial charge in [-0.2, -0.15) is 0 Å². The quantitative estimate of drug-likeness (QED) is 0.827. The molecule has 0 radical (unpaired) electrons. The van der Waals surface area contributed by atoms with E-state index in [9.17, 15) is 9.90 Å². The Morgan fingerprint density at radius 3 is 2.38 bits per heavy atom. The van der Waals surface area contributed by atoms with Gasteiger partial charge in [-0.15, -0.1) is 0 Å². The molecule has 1 saturated carbocycles. The minimum absolute atomic E-state index is 0.000458. The summed E-state index contributed by atoms with van der Waals surface area (Å²) in [5, 5.41) is 9.47. The number of benzene rings is 2. The molecule has 0 atom stereocenters. The fourth-order valence-electron chi connectivity index (χ4n) is 4.42. The van der Waals surface area contributed by atoms with Crippen LogP contribution >= 0.6 is 0 Å². The third-order valence-corrected chi connectivity index (χ3v) is 6.15. The van der Waals surface area contributed by atoms with Crippen molar-refractivity contribution in [1.29, 1.82) is 0 Å². The molecule has 1 heterocycles. The van der Waals surface area contributed by atoms with Crippen molar-refractivity contribution in [1.82, 2.24) is 4.90 Å². The number of hydrogen-bond donors (Lipinski definition) is 1. The normalized spacial score (nSPS) is 17.9. The van der Waals surface area contributed by atoms with E-state index in [1.165, 1.54) is 49.4 Å². The first-order chi connectivity index (χ1) is 14.2. The van der Waals surface area contributed by atoms with Crippen LogP contribution in [0.3, 0.4) is 0 Å². The van der Waals surface area contributed by atoms with Crippen molar-refractivity contribution in [3.05, 3.63) is 54.1 Å². The van der Waals surface area contributed by atoms with Crippen molar-refractivity contribution >= 4 is 11.6 Å². The van der Waals surface area contributed by atoms with Crippen LogP contribution in [0.5, 0.6) is 11.5 Å². The third kappa shape index (κ3) is 5.03. The van der Waals surface area contributed by atoms with E-state index in [-0.39, 0.29) is 18.3 Å². The Morgan fingerprint density at radius 1 is 0.966 bits per heavy atom. The van der Waals surface area contributed by atoms with Crippen molar-refractivity contribution in [3.63, 3.8) is 0 Å². The molecule has 1 amide bonds. The number of phenolic OH excluding ortho intramolecular Hbond substituents is 1. The van der Waals surface area contributed by atoms with Gasteiger partial charge in [-0.25, -0.2) is 0 Å². The highest BCUT2D eigenvalue weighted by atomic mass is 16.5. The lowest BCUT2D eigenvalue weighted by Gasteiger charge is -2.36. The predicted octanol–water partition coefficient (Wildman–Crippen LogP) is 4.17. The van der Waals surface area contributed by atoms with Crippen LogP contribution in [0.15, 0.2) is 48.5 Å². The van der Waals surface area contributed by atoms with E-state index in [2.05, 4.69) is 29.2 Å². The van der Waals surface area contributed by atoms with Gasteiger partial charge in [0.1, 0.15) is 11.5 Å². The number of carbonyl (C=O) groups excluding carboxylic acids is 1. The molecular formula is C24H30N2O3. The Hall–Kier alpha value is -2.69. The second kappa shape index (κ2) is 9.21. The number of ether oxygens (including phenoxy) is 1. The molecule has 0 aromatic heterocycles. The van der Waals surface area contributed by atoms with Crippen LogP contribution in [-0.2, 0) is 4.79 Å². The molecule has 1 N–H and O–H groups in total. The van der Waals surface area contributed by atoms with Crippen molar-refractivity contribution in [2.24, 2.45) is 0 Å². The van der Waals surface area contributed by atoms with Crippen molar-refractivity contribution < 1.29 is 14.6 Å². The minimum atomic E-state index is -0.0133. The number of anilines is 1. The Morgan fingerprint density at radius 2 is 1.69 bits per heavy atom. The second-order valence-electron chi connectivity index (χ2n) is 8.08. The molecule has 0 spiro atoms. The van der Waals surface area contributed by atoms with Gasteiger partial charge >= 0.3 is 0 Å². The SMILES string of the molecule is O=C(COc1cccc(O)c1)N1CCN(c2ccc(C3CCCCC3)cc2)CC1. The number of amides is 1. The zero-order valence-corrected chi connectivity index (χ0v) is 16.9. The fraction of sp³-hybridized carbons (Fsp3) is 0.458. The first-order valence-corrected chi connectivity index (χ1v) is 10.7. The zero-order chi connectivity index (χ0) is 20.1. The van der Waals surface area contributed by atoms with E-state index in [1.54, 1.807) is 18.2 Å². The number of hydrogen-bond acceptors (Lipinski definition) is 4. The predicted molar refractivity (Wildman–Crippen MR) is 115 cm³/mol. The Balaban J connectivity index is 1.26. The van der Waals surface area contributed by atoms with Crippen molar-refractivity contribution in [2.45, 2.75) is 38.0 Å². The van der Waals surface area contributed by atoms with Gasteiger partial charge < -0.3 is 19.6 Å². The lowest BCUT2D eigenvalue weighted by molar-refractivity contribution is -0.133. The molecule has 154 valence electrons. The summed E-state index contributed by atoms with van der Waals surface area (Å²) in [5.74, 6) is 1.37. The smallest absolute Gasteiger partial charge is 0.260 e. The lowest BCUT2D eigenvalue weighted by Crippen LogP contribution is -2.50. The van der Waals surface area contributed by atoms with E-state index < -0.39 is 0 Å². The summed E-state index contributed by atoms with van der Waals surface area (Å²) in [7, 11) is 0. The van der Waals surface area contributed by atoms with Gasteiger partial charge in [0.2, 0.25) is 0 Å². The van der Waals surface area contributed by atoms with E-state index in [1.807, 2.05) is 4.90 Å². The lowest BCUT2D eigenvalue weighted by atomic mass is 9.84. The highest BCUT2D eigenvalue weighted by Crippen LogP contribution is 2.33. The molecule has 4 rings (SSSR count). The van der Waals surface area contributed by atoms with Crippen molar-refractivity contribution in [3.8, 4) is 11.5 Å². The molecular weight excluding hydrogens is 364 g/mol. The molecule has 5 heteroatoms. The molecule has 1 saturated heterocycles. The molecule has 2 fully saturated rings. The van der Waals surface area contributed by atoms with Gasteiger partial charge in [0.25, 0.3) is 5.91 Å². The second-order valence-corrected chi connectivity index (χ2v) is 8.08. The first kappa shape index (κ1) is 19.6. The summed E-state index contributed by atoms with van der Waals surface area (Å²) >= 11 is 0. The van der Waals surface area contributed by atoms with Crippen LogP contribution in [0.1, 0.15) is 43.6 Å². The summed E-state index contributed by atoms with van der Waals surface area (Å²) < 4.78 is 5.52. The fourth-order valence-corrected chi connectivity index (χ4v) is 4.42. The van der Waals surface area contributed by atoms with Gasteiger partial charge in [0.05, 0.1) is 0 Å². The standard InChI is InChI=1S/C24H30N2O3/c27-22-7-4-8-23(17-22)29-18-24(28)26-15-13-25(14-16-26)21-11-9-20(10-12-21)19-5-2-1-3-6-19/h4,7-12,17,19,27H,1-3,5-6,13-16,18H2. The molecule has 1 aliphatic carbocycles. The van der Waals surface area contributed by atoms with Gasteiger partial charge in [-0.05, 0) is 48.6 Å². The average molecular weight is 395 g/mol. The Labute approximate surface area is 172 Å². The maximum atomic E-state index is 12.4. The molecule has 29 heavy (non-hydrogen) atoms. The maximum Gasteiger partial charge on any atom is 0.260 e. The largest absolute Gasteiger partial charge is 0.508 e. The summed E-state index contributed by atoms with van der Waals surface area (Å²) in [6.07, 6.45) is 6.75. The van der Waals surface area contributed by atoms with E-state index in [0.717, 1.165) is 19.0 Å². The Kier molecular flexibility index (Phi) is 6.23. The summed E-state index contributed by atoms with van der Waals surface area (Å²) in [4.78, 5) is 16.6. The van der Waals surface area contributed by atoms with Gasteiger partial charge in [-0.3, -0.25) is 4.79 Å². The van der Waals surface area contributed by atoms with Crippen LogP contribution in [0.25, 0.3) is 0 Å². The first-order valence-electron chi connectivity index (χ1n) is 10.7. The topological polar surface area (TPSA) is 53.0 Å². The average Bonchev–Trinajstić information content (AvgIpc) is 2.78.